The molecular formula is C20H17Cl2N3O4. The van der Waals surface area contributed by atoms with Crippen LogP contribution in [0.3, 0.4) is 0 Å². The first-order valence-electron chi connectivity index (χ1n) is 8.58. The van der Waals surface area contributed by atoms with Crippen LogP contribution in [0, 0.1) is 11.3 Å². The monoisotopic (exact) mass is 433 g/mol. The van der Waals surface area contributed by atoms with Crippen molar-refractivity contribution in [1.29, 1.82) is 5.26 Å². The van der Waals surface area contributed by atoms with Crippen LogP contribution >= 0.6 is 23.2 Å². The van der Waals surface area contributed by atoms with Crippen molar-refractivity contribution < 1.29 is 19.1 Å². The minimum absolute atomic E-state index is 0.0525. The van der Waals surface area contributed by atoms with E-state index < -0.39 is 18.5 Å². The van der Waals surface area contributed by atoms with Gasteiger partial charge < -0.3 is 15.4 Å². The molecule has 150 valence electrons. The lowest BCUT2D eigenvalue weighted by Crippen LogP contribution is -2.25. The number of nitriles is 1. The minimum atomic E-state index is -0.557. The van der Waals surface area contributed by atoms with Crippen LogP contribution in [0.25, 0.3) is 0 Å². The van der Waals surface area contributed by atoms with Crippen molar-refractivity contribution in [1.82, 2.24) is 5.32 Å². The molecule has 7 nitrogen and oxygen atoms in total. The summed E-state index contributed by atoms with van der Waals surface area (Å²) in [4.78, 5) is 35.4. The maximum absolute atomic E-state index is 11.9. The van der Waals surface area contributed by atoms with Gasteiger partial charge in [-0.15, -0.1) is 0 Å². The molecule has 29 heavy (non-hydrogen) atoms. The average Bonchev–Trinajstić information content (AvgIpc) is 2.70. The zero-order valence-corrected chi connectivity index (χ0v) is 16.7. The second-order valence-electron chi connectivity index (χ2n) is 5.88. The number of ether oxygens (including phenoxy) is 1. The highest BCUT2D eigenvalue weighted by atomic mass is 35.5. The first-order valence-corrected chi connectivity index (χ1v) is 9.33. The fourth-order valence-corrected chi connectivity index (χ4v) is 2.59. The molecule has 0 bridgehead atoms. The van der Waals surface area contributed by atoms with Crippen LogP contribution in [0.1, 0.15) is 28.8 Å². The highest BCUT2D eigenvalue weighted by molar-refractivity contribution is 6.32. The maximum atomic E-state index is 11.9. The molecule has 0 radical (unpaired) electrons. The van der Waals surface area contributed by atoms with Gasteiger partial charge in [-0.05, 0) is 48.9 Å². The van der Waals surface area contributed by atoms with E-state index in [1.165, 1.54) is 18.2 Å². The summed E-state index contributed by atoms with van der Waals surface area (Å²) < 4.78 is 4.89. The van der Waals surface area contributed by atoms with Crippen molar-refractivity contribution in [3.63, 3.8) is 0 Å². The Balaban J connectivity index is 1.64. The van der Waals surface area contributed by atoms with Gasteiger partial charge in [0.1, 0.15) is 6.07 Å². The molecule has 0 aliphatic heterocycles. The molecule has 2 rings (SSSR count). The van der Waals surface area contributed by atoms with E-state index in [1.54, 1.807) is 24.3 Å². The number of hydrogen-bond donors (Lipinski definition) is 2. The second-order valence-corrected chi connectivity index (χ2v) is 6.73. The predicted molar refractivity (Wildman–Crippen MR) is 109 cm³/mol. The Morgan fingerprint density at radius 2 is 1.79 bits per heavy atom. The molecule has 2 aromatic carbocycles. The van der Waals surface area contributed by atoms with Crippen molar-refractivity contribution in [3.05, 3.63) is 63.6 Å². The summed E-state index contributed by atoms with van der Waals surface area (Å²) in [5, 5.41) is 14.8. The predicted octanol–water partition coefficient (Wildman–Crippen LogP) is 3.56. The van der Waals surface area contributed by atoms with Gasteiger partial charge in [0, 0.05) is 29.2 Å². The van der Waals surface area contributed by atoms with Gasteiger partial charge in [-0.3, -0.25) is 14.4 Å². The van der Waals surface area contributed by atoms with Crippen molar-refractivity contribution in [2.24, 2.45) is 0 Å². The van der Waals surface area contributed by atoms with Gasteiger partial charge in [-0.2, -0.15) is 5.26 Å². The van der Waals surface area contributed by atoms with Gasteiger partial charge in [0.2, 0.25) is 0 Å². The number of halogens is 2. The Hall–Kier alpha value is -3.08. The van der Waals surface area contributed by atoms with Crippen molar-refractivity contribution >= 4 is 46.7 Å². The largest absolute Gasteiger partial charge is 0.456 e. The minimum Gasteiger partial charge on any atom is -0.456 e. The molecule has 0 aliphatic carbocycles. The first kappa shape index (κ1) is 22.2. The van der Waals surface area contributed by atoms with Gasteiger partial charge in [-0.1, -0.05) is 23.2 Å². The molecule has 0 aliphatic rings. The quantitative estimate of drug-likeness (QED) is 0.488. The summed E-state index contributed by atoms with van der Waals surface area (Å²) in [5.41, 5.74) is 1.15. The van der Waals surface area contributed by atoms with E-state index in [0.717, 1.165) is 0 Å². The van der Waals surface area contributed by atoms with E-state index in [1.807, 2.05) is 6.07 Å². The van der Waals surface area contributed by atoms with Crippen LogP contribution in [-0.4, -0.2) is 30.9 Å². The SMILES string of the molecule is N#Cc1ccc(NC(=O)COC(=O)CCCNC(=O)c2ccc(Cl)cc2)cc1Cl. The Morgan fingerprint density at radius 1 is 1.07 bits per heavy atom. The van der Waals surface area contributed by atoms with Gasteiger partial charge in [0.05, 0.1) is 10.6 Å². The Kier molecular flexibility index (Phi) is 8.46. The molecule has 9 heteroatoms. The number of rotatable bonds is 8. The zero-order chi connectivity index (χ0) is 21.2. The first-order chi connectivity index (χ1) is 13.9. The highest BCUT2D eigenvalue weighted by Crippen LogP contribution is 2.20. The normalized spacial score (nSPS) is 9.97. The third-order valence-corrected chi connectivity index (χ3v) is 4.25. The van der Waals surface area contributed by atoms with Crippen molar-refractivity contribution in [2.45, 2.75) is 12.8 Å². The van der Waals surface area contributed by atoms with Crippen molar-refractivity contribution in [3.8, 4) is 6.07 Å². The molecule has 0 saturated heterocycles. The number of hydrogen-bond acceptors (Lipinski definition) is 5. The van der Waals surface area contributed by atoms with Crippen LogP contribution < -0.4 is 10.6 Å². The summed E-state index contributed by atoms with van der Waals surface area (Å²) in [6.07, 6.45) is 0.419. The number of nitrogens with zero attached hydrogens (tertiary/aromatic N) is 1. The van der Waals surface area contributed by atoms with Crippen LogP contribution in [0.2, 0.25) is 10.0 Å². The van der Waals surface area contributed by atoms with Crippen molar-refractivity contribution in [2.75, 3.05) is 18.5 Å². The van der Waals surface area contributed by atoms with E-state index in [2.05, 4.69) is 10.6 Å². The lowest BCUT2D eigenvalue weighted by molar-refractivity contribution is -0.147. The van der Waals surface area contributed by atoms with Gasteiger partial charge >= 0.3 is 5.97 Å². The molecule has 0 saturated carbocycles. The highest BCUT2D eigenvalue weighted by Gasteiger charge is 2.10. The third kappa shape index (κ3) is 7.45. The van der Waals surface area contributed by atoms with Crippen LogP contribution in [0.15, 0.2) is 42.5 Å². The van der Waals surface area contributed by atoms with Gasteiger partial charge in [0.25, 0.3) is 11.8 Å². The van der Waals surface area contributed by atoms with E-state index in [0.29, 0.717) is 28.3 Å². The third-order valence-electron chi connectivity index (χ3n) is 3.69. The summed E-state index contributed by atoms with van der Waals surface area (Å²) in [5.74, 6) is -1.36. The molecule has 0 spiro atoms. The van der Waals surface area contributed by atoms with E-state index in [4.69, 9.17) is 33.2 Å². The molecule has 2 N–H and O–H groups in total. The lowest BCUT2D eigenvalue weighted by Gasteiger charge is -2.08. The summed E-state index contributed by atoms with van der Waals surface area (Å²) >= 11 is 11.7. The summed E-state index contributed by atoms with van der Waals surface area (Å²) in [7, 11) is 0. The molecular weight excluding hydrogens is 417 g/mol. The Morgan fingerprint density at radius 3 is 2.45 bits per heavy atom. The smallest absolute Gasteiger partial charge is 0.306 e. The molecule has 0 fully saturated rings. The Bertz CT molecular complexity index is 940. The lowest BCUT2D eigenvalue weighted by atomic mass is 10.2. The molecule has 0 aromatic heterocycles. The molecule has 2 amide bonds. The van der Waals surface area contributed by atoms with E-state index >= 15 is 0 Å². The molecule has 2 aromatic rings. The number of esters is 1. The fourth-order valence-electron chi connectivity index (χ4n) is 2.24. The summed E-state index contributed by atoms with van der Waals surface area (Å²) in [6, 6.07) is 12.8. The number of amides is 2. The number of nitrogens with one attached hydrogen (secondary N) is 2. The van der Waals surface area contributed by atoms with E-state index in [-0.39, 0.29) is 23.9 Å². The number of benzene rings is 2. The summed E-state index contributed by atoms with van der Waals surface area (Å²) in [6.45, 7) is -0.167. The standard InChI is InChI=1S/C20H17Cl2N3O4/c21-15-6-3-13(4-7-15)20(28)24-9-1-2-19(27)29-12-18(26)25-16-8-5-14(11-23)17(22)10-16/h3-8,10H,1-2,9,12H2,(H,24,28)(H,25,26). The topological polar surface area (TPSA) is 108 Å². The number of carbonyl (C=O) groups is 3. The van der Waals surface area contributed by atoms with Crippen LogP contribution in [0.4, 0.5) is 5.69 Å². The number of carbonyl (C=O) groups excluding carboxylic acids is 3. The maximum Gasteiger partial charge on any atom is 0.306 e. The van der Waals surface area contributed by atoms with E-state index in [9.17, 15) is 14.4 Å². The molecule has 0 unspecified atom stereocenters. The fraction of sp³-hybridized carbons (Fsp3) is 0.200. The molecule has 0 atom stereocenters. The van der Waals surface area contributed by atoms with Crippen LogP contribution in [0.5, 0.6) is 0 Å². The molecule has 0 heterocycles. The number of anilines is 1. The van der Waals surface area contributed by atoms with Gasteiger partial charge in [-0.25, -0.2) is 0 Å². The second kappa shape index (κ2) is 11.1. The Labute approximate surface area is 177 Å². The van der Waals surface area contributed by atoms with Gasteiger partial charge in [0.15, 0.2) is 6.61 Å². The average molecular weight is 434 g/mol. The van der Waals surface area contributed by atoms with Crippen LogP contribution in [-0.2, 0) is 14.3 Å². The zero-order valence-electron chi connectivity index (χ0n) is 15.2.